The van der Waals surface area contributed by atoms with Crippen molar-refractivity contribution in [2.75, 3.05) is 6.61 Å². The lowest BCUT2D eigenvalue weighted by molar-refractivity contribution is -0.147. The van der Waals surface area contributed by atoms with Crippen LogP contribution < -0.4 is 0 Å². The van der Waals surface area contributed by atoms with E-state index in [1.165, 1.54) is 0 Å². The molecule has 1 amide bonds. The number of carbonyl (C=O) groups is 2. The third-order valence-electron chi connectivity index (χ3n) is 5.30. The number of benzene rings is 2. The van der Waals surface area contributed by atoms with Crippen molar-refractivity contribution < 1.29 is 19.1 Å². The summed E-state index contributed by atoms with van der Waals surface area (Å²) in [4.78, 5) is 27.7. The first kappa shape index (κ1) is 19.2. The summed E-state index contributed by atoms with van der Waals surface area (Å²) < 4.78 is 11.4. The summed E-state index contributed by atoms with van der Waals surface area (Å²) in [5.41, 5.74) is 1.92. The maximum absolute atomic E-state index is 13.2. The summed E-state index contributed by atoms with van der Waals surface area (Å²) >= 11 is 0. The number of ether oxygens (including phenoxy) is 2. The van der Waals surface area contributed by atoms with Gasteiger partial charge in [0.05, 0.1) is 12.6 Å². The molecule has 5 nitrogen and oxygen atoms in total. The van der Waals surface area contributed by atoms with Gasteiger partial charge in [-0.1, -0.05) is 72.8 Å². The number of esters is 1. The Morgan fingerprint density at radius 3 is 2.52 bits per heavy atom. The van der Waals surface area contributed by atoms with Crippen LogP contribution in [0.5, 0.6) is 0 Å². The number of fused-ring (bicyclic) bond motifs is 1. The highest BCUT2D eigenvalue weighted by Gasteiger charge is 2.47. The van der Waals surface area contributed by atoms with E-state index in [0.717, 1.165) is 11.1 Å². The van der Waals surface area contributed by atoms with Gasteiger partial charge < -0.3 is 14.4 Å². The van der Waals surface area contributed by atoms with Gasteiger partial charge >= 0.3 is 5.97 Å². The molecule has 3 atom stereocenters. The van der Waals surface area contributed by atoms with Crippen molar-refractivity contribution in [2.45, 2.75) is 25.3 Å². The summed E-state index contributed by atoms with van der Waals surface area (Å²) in [6.45, 7) is 4.33. The van der Waals surface area contributed by atoms with Crippen molar-refractivity contribution in [1.82, 2.24) is 4.90 Å². The molecule has 4 rings (SSSR count). The molecule has 148 valence electrons. The Balaban J connectivity index is 1.58. The fourth-order valence-corrected chi connectivity index (χ4v) is 3.89. The molecule has 0 aromatic heterocycles. The Morgan fingerprint density at radius 2 is 1.83 bits per heavy atom. The second-order valence-corrected chi connectivity index (χ2v) is 7.19. The van der Waals surface area contributed by atoms with Gasteiger partial charge in [0.25, 0.3) is 5.91 Å². The molecule has 1 saturated heterocycles. The topological polar surface area (TPSA) is 55.8 Å². The first-order valence-electron chi connectivity index (χ1n) is 9.72. The molecular formula is C24H23NO4. The standard InChI is InChI=1S/C24H23NO4/c1-2-9-19-14-20(24(27)29-15-17-10-5-3-6-11-17)22(26)25-21(16-28-23(19)25)18-12-7-4-8-13-18/h2-8,10-14,19,21,23H,1,9,15-16H2/t19-,21-,23+/m0/s1. The number of amides is 1. The molecule has 0 bridgehead atoms. The average Bonchev–Trinajstić information content (AvgIpc) is 3.21. The van der Waals surface area contributed by atoms with Gasteiger partial charge in [0.2, 0.25) is 0 Å². The molecule has 0 saturated carbocycles. The third kappa shape index (κ3) is 3.87. The van der Waals surface area contributed by atoms with E-state index in [1.54, 1.807) is 17.1 Å². The van der Waals surface area contributed by atoms with Crippen molar-refractivity contribution >= 4 is 11.9 Å². The van der Waals surface area contributed by atoms with Crippen LogP contribution in [0.3, 0.4) is 0 Å². The summed E-state index contributed by atoms with van der Waals surface area (Å²) in [6.07, 6.45) is 3.66. The fraction of sp³-hybridized carbons (Fsp3) is 0.250. The van der Waals surface area contributed by atoms with Crippen LogP contribution in [0, 0.1) is 5.92 Å². The van der Waals surface area contributed by atoms with Gasteiger partial charge in [0.1, 0.15) is 18.4 Å². The largest absolute Gasteiger partial charge is 0.457 e. The molecule has 0 aliphatic carbocycles. The molecule has 0 unspecified atom stereocenters. The van der Waals surface area contributed by atoms with Crippen LogP contribution in [0.2, 0.25) is 0 Å². The average molecular weight is 389 g/mol. The van der Waals surface area contributed by atoms with Gasteiger partial charge in [-0.15, -0.1) is 6.58 Å². The van der Waals surface area contributed by atoms with Crippen LogP contribution in [0.15, 0.2) is 85.0 Å². The van der Waals surface area contributed by atoms with Gasteiger partial charge in [0.15, 0.2) is 0 Å². The molecule has 2 aromatic rings. The van der Waals surface area contributed by atoms with E-state index in [1.807, 2.05) is 60.7 Å². The molecule has 0 N–H and O–H groups in total. The van der Waals surface area contributed by atoms with Crippen molar-refractivity contribution in [1.29, 1.82) is 0 Å². The highest BCUT2D eigenvalue weighted by atomic mass is 16.5. The predicted octanol–water partition coefficient (Wildman–Crippen LogP) is 3.79. The van der Waals surface area contributed by atoms with Crippen molar-refractivity contribution in [3.05, 3.63) is 96.1 Å². The molecule has 29 heavy (non-hydrogen) atoms. The lowest BCUT2D eigenvalue weighted by Gasteiger charge is -2.36. The van der Waals surface area contributed by atoms with E-state index in [0.29, 0.717) is 13.0 Å². The number of allylic oxidation sites excluding steroid dienone is 1. The molecular weight excluding hydrogens is 366 g/mol. The molecule has 2 aliphatic heterocycles. The first-order chi connectivity index (χ1) is 14.2. The Bertz CT molecular complexity index is 922. The molecule has 2 heterocycles. The minimum atomic E-state index is -0.606. The first-order valence-corrected chi connectivity index (χ1v) is 9.72. The molecule has 0 spiro atoms. The van der Waals surface area contributed by atoms with Crippen molar-refractivity contribution in [3.8, 4) is 0 Å². The summed E-state index contributed by atoms with van der Waals surface area (Å²) in [7, 11) is 0. The molecule has 2 aliphatic rings. The maximum atomic E-state index is 13.2. The highest BCUT2D eigenvalue weighted by molar-refractivity contribution is 6.17. The number of hydrogen-bond acceptors (Lipinski definition) is 4. The Hall–Kier alpha value is -3.18. The Labute approximate surface area is 170 Å². The fourth-order valence-electron chi connectivity index (χ4n) is 3.89. The van der Waals surface area contributed by atoms with Crippen LogP contribution in [-0.4, -0.2) is 29.6 Å². The lowest BCUT2D eigenvalue weighted by Crippen LogP contribution is -2.47. The van der Waals surface area contributed by atoms with Crippen LogP contribution in [0.1, 0.15) is 23.6 Å². The van der Waals surface area contributed by atoms with Gasteiger partial charge in [0, 0.05) is 5.92 Å². The monoisotopic (exact) mass is 389 g/mol. The zero-order valence-corrected chi connectivity index (χ0v) is 16.1. The third-order valence-corrected chi connectivity index (χ3v) is 5.30. The zero-order valence-electron chi connectivity index (χ0n) is 16.1. The van der Waals surface area contributed by atoms with E-state index < -0.39 is 12.2 Å². The predicted molar refractivity (Wildman–Crippen MR) is 108 cm³/mol. The number of nitrogens with zero attached hydrogens (tertiary/aromatic N) is 1. The summed E-state index contributed by atoms with van der Waals surface area (Å²) in [6, 6.07) is 18.9. The van der Waals surface area contributed by atoms with Crippen LogP contribution in [0.4, 0.5) is 0 Å². The van der Waals surface area contributed by atoms with Crippen LogP contribution in [-0.2, 0) is 25.7 Å². The van der Waals surface area contributed by atoms with E-state index >= 15 is 0 Å². The SMILES string of the molecule is C=CC[C@H]1C=C(C(=O)OCc2ccccc2)C(=O)N2[C@@H]1OC[C@H]2c1ccccc1. The van der Waals surface area contributed by atoms with Crippen LogP contribution >= 0.6 is 0 Å². The Kier molecular flexibility index (Phi) is 5.58. The van der Waals surface area contributed by atoms with Crippen molar-refractivity contribution in [2.24, 2.45) is 5.92 Å². The quantitative estimate of drug-likeness (QED) is 0.429. The maximum Gasteiger partial charge on any atom is 0.343 e. The minimum Gasteiger partial charge on any atom is -0.457 e. The second-order valence-electron chi connectivity index (χ2n) is 7.19. The minimum absolute atomic E-state index is 0.0652. The van der Waals surface area contributed by atoms with E-state index in [4.69, 9.17) is 9.47 Å². The zero-order chi connectivity index (χ0) is 20.2. The van der Waals surface area contributed by atoms with Gasteiger partial charge in [-0.05, 0) is 17.5 Å². The second kappa shape index (κ2) is 8.45. The van der Waals surface area contributed by atoms with Gasteiger partial charge in [-0.3, -0.25) is 4.79 Å². The summed E-state index contributed by atoms with van der Waals surface area (Å²) in [5, 5.41) is 0. The normalized spacial score (nSPS) is 23.3. The Morgan fingerprint density at radius 1 is 1.14 bits per heavy atom. The number of hydrogen-bond donors (Lipinski definition) is 0. The molecule has 5 heteroatoms. The van der Waals surface area contributed by atoms with Crippen molar-refractivity contribution in [3.63, 3.8) is 0 Å². The van der Waals surface area contributed by atoms with E-state index in [2.05, 4.69) is 6.58 Å². The molecule has 1 fully saturated rings. The number of rotatable bonds is 6. The van der Waals surface area contributed by atoms with E-state index in [9.17, 15) is 9.59 Å². The van der Waals surface area contributed by atoms with Crippen LogP contribution in [0.25, 0.3) is 0 Å². The molecule has 2 aromatic carbocycles. The molecule has 0 radical (unpaired) electrons. The smallest absolute Gasteiger partial charge is 0.343 e. The number of carbonyl (C=O) groups excluding carboxylic acids is 2. The lowest BCUT2D eigenvalue weighted by atomic mass is 9.92. The van der Waals surface area contributed by atoms with Gasteiger partial charge in [-0.2, -0.15) is 0 Å². The van der Waals surface area contributed by atoms with Gasteiger partial charge in [-0.25, -0.2) is 4.79 Å². The summed E-state index contributed by atoms with van der Waals surface area (Å²) in [5.74, 6) is -1.09. The van der Waals surface area contributed by atoms with E-state index in [-0.39, 0.29) is 30.0 Å². The highest BCUT2D eigenvalue weighted by Crippen LogP contribution is 2.39.